The lowest BCUT2D eigenvalue weighted by Crippen LogP contribution is -1.96. The maximum absolute atomic E-state index is 11.6. The van der Waals surface area contributed by atoms with Crippen LogP contribution in [0.15, 0.2) is 36.4 Å². The maximum Gasteiger partial charge on any atom is 0.345 e. The molecule has 0 saturated heterocycles. The third kappa shape index (κ3) is 3.79. The summed E-state index contributed by atoms with van der Waals surface area (Å²) in [5.41, 5.74) is 8.75. The lowest BCUT2D eigenvalue weighted by atomic mass is 10.0. The number of ether oxygens (including phenoxy) is 4. The molecule has 2 aromatic carbocycles. The van der Waals surface area contributed by atoms with Crippen LogP contribution in [0, 0.1) is 0 Å². The predicted molar refractivity (Wildman–Crippen MR) is 113 cm³/mol. The monoisotopic (exact) mass is 415 g/mol. The van der Waals surface area contributed by atoms with Gasteiger partial charge in [0, 0.05) is 10.4 Å². The SMILES string of the molecule is COc1ccc(-c2sc(C(=O)O)cc2-c2cc(OC)c(OC)c(OC)c2)cc1N. The zero-order chi connectivity index (χ0) is 21.1. The van der Waals surface area contributed by atoms with Crippen molar-refractivity contribution in [1.82, 2.24) is 0 Å². The van der Waals surface area contributed by atoms with Crippen LogP contribution in [-0.2, 0) is 0 Å². The summed E-state index contributed by atoms with van der Waals surface area (Å²) in [6, 6.07) is 10.6. The number of benzene rings is 2. The summed E-state index contributed by atoms with van der Waals surface area (Å²) in [6.07, 6.45) is 0. The third-order valence-corrected chi connectivity index (χ3v) is 5.58. The van der Waals surface area contributed by atoms with Gasteiger partial charge in [-0.25, -0.2) is 4.79 Å². The van der Waals surface area contributed by atoms with Gasteiger partial charge in [0.05, 0.1) is 34.1 Å². The molecule has 0 amide bonds. The first kappa shape index (κ1) is 20.3. The van der Waals surface area contributed by atoms with Crippen LogP contribution >= 0.6 is 11.3 Å². The first-order chi connectivity index (χ1) is 13.9. The number of hydrogen-bond acceptors (Lipinski definition) is 7. The number of nitrogen functional groups attached to an aromatic ring is 1. The Morgan fingerprint density at radius 1 is 0.862 bits per heavy atom. The van der Waals surface area contributed by atoms with Gasteiger partial charge in [0.15, 0.2) is 11.5 Å². The standard InChI is InChI=1S/C21H21NO6S/c1-25-15-6-5-11(7-14(15)22)20-13(10-18(29-20)21(23)24)12-8-16(26-2)19(28-4)17(9-12)27-3/h5-10H,22H2,1-4H3,(H,23,24). The van der Waals surface area contributed by atoms with E-state index >= 15 is 0 Å². The van der Waals surface area contributed by atoms with Gasteiger partial charge in [-0.2, -0.15) is 0 Å². The van der Waals surface area contributed by atoms with Gasteiger partial charge < -0.3 is 29.8 Å². The van der Waals surface area contributed by atoms with Crippen molar-refractivity contribution in [3.05, 3.63) is 41.3 Å². The molecule has 0 aliphatic rings. The lowest BCUT2D eigenvalue weighted by molar-refractivity contribution is 0.0702. The third-order valence-electron chi connectivity index (χ3n) is 4.41. The van der Waals surface area contributed by atoms with Gasteiger partial charge >= 0.3 is 5.97 Å². The summed E-state index contributed by atoms with van der Waals surface area (Å²) < 4.78 is 21.5. The van der Waals surface area contributed by atoms with Crippen molar-refractivity contribution in [2.45, 2.75) is 0 Å². The number of methoxy groups -OCH3 is 4. The van der Waals surface area contributed by atoms with Crippen LogP contribution < -0.4 is 24.7 Å². The molecule has 3 aromatic rings. The summed E-state index contributed by atoms with van der Waals surface area (Å²) in [5, 5.41) is 9.53. The van der Waals surface area contributed by atoms with Crippen molar-refractivity contribution in [3.63, 3.8) is 0 Å². The van der Waals surface area contributed by atoms with E-state index in [0.717, 1.165) is 21.6 Å². The van der Waals surface area contributed by atoms with Crippen molar-refractivity contribution in [3.8, 4) is 44.6 Å². The highest BCUT2D eigenvalue weighted by molar-refractivity contribution is 7.18. The highest BCUT2D eigenvalue weighted by Gasteiger charge is 2.21. The molecule has 0 saturated carbocycles. The first-order valence-electron chi connectivity index (χ1n) is 8.54. The first-order valence-corrected chi connectivity index (χ1v) is 9.36. The molecule has 1 aromatic heterocycles. The van der Waals surface area contributed by atoms with E-state index in [9.17, 15) is 9.90 Å². The molecule has 7 nitrogen and oxygen atoms in total. The molecule has 0 radical (unpaired) electrons. The van der Waals surface area contributed by atoms with E-state index in [1.54, 1.807) is 37.4 Å². The van der Waals surface area contributed by atoms with Crippen LogP contribution in [0.5, 0.6) is 23.0 Å². The normalized spacial score (nSPS) is 10.5. The molecule has 29 heavy (non-hydrogen) atoms. The average molecular weight is 415 g/mol. The smallest absolute Gasteiger partial charge is 0.345 e. The molecule has 1 heterocycles. The molecule has 0 bridgehead atoms. The van der Waals surface area contributed by atoms with Crippen LogP contribution in [0.4, 0.5) is 5.69 Å². The average Bonchev–Trinajstić information content (AvgIpc) is 3.18. The molecule has 3 N–H and O–H groups in total. The number of aromatic carboxylic acids is 1. The van der Waals surface area contributed by atoms with Crippen molar-refractivity contribution in [2.24, 2.45) is 0 Å². The number of carboxylic acids is 1. The van der Waals surface area contributed by atoms with Crippen LogP contribution in [0.25, 0.3) is 21.6 Å². The highest BCUT2D eigenvalue weighted by atomic mass is 32.1. The maximum atomic E-state index is 11.6. The van der Waals surface area contributed by atoms with Crippen molar-refractivity contribution in [2.75, 3.05) is 34.2 Å². The molecule has 3 rings (SSSR count). The minimum atomic E-state index is -1.00. The van der Waals surface area contributed by atoms with Gasteiger partial charge in [0.1, 0.15) is 10.6 Å². The van der Waals surface area contributed by atoms with E-state index in [1.807, 2.05) is 6.07 Å². The second-order valence-electron chi connectivity index (χ2n) is 6.03. The summed E-state index contributed by atoms with van der Waals surface area (Å²) in [7, 11) is 6.13. The van der Waals surface area contributed by atoms with Gasteiger partial charge in [-0.1, -0.05) is 0 Å². The Kier molecular flexibility index (Phi) is 5.84. The number of thiophene rings is 1. The number of hydrogen-bond donors (Lipinski definition) is 2. The Morgan fingerprint density at radius 3 is 1.97 bits per heavy atom. The van der Waals surface area contributed by atoms with Crippen molar-refractivity contribution >= 4 is 23.0 Å². The van der Waals surface area contributed by atoms with E-state index in [0.29, 0.717) is 28.7 Å². The predicted octanol–water partition coefficient (Wildman–Crippen LogP) is 4.40. The fourth-order valence-corrected chi connectivity index (χ4v) is 4.05. The lowest BCUT2D eigenvalue weighted by Gasteiger charge is -2.15. The molecule has 152 valence electrons. The molecular formula is C21H21NO6S. The Labute approximate surface area is 172 Å². The van der Waals surface area contributed by atoms with Gasteiger partial charge in [0.2, 0.25) is 5.75 Å². The van der Waals surface area contributed by atoms with Gasteiger partial charge in [-0.3, -0.25) is 0 Å². The number of carboxylic acid groups (broad SMARTS) is 1. The number of carbonyl (C=O) groups is 1. The molecule has 0 spiro atoms. The van der Waals surface area contributed by atoms with Gasteiger partial charge in [-0.15, -0.1) is 11.3 Å². The van der Waals surface area contributed by atoms with Gasteiger partial charge in [-0.05, 0) is 47.5 Å². The Bertz CT molecular complexity index is 1030. The minimum absolute atomic E-state index is 0.207. The second kappa shape index (κ2) is 8.32. The molecule has 8 heteroatoms. The summed E-state index contributed by atoms with van der Waals surface area (Å²) in [5.74, 6) is 0.965. The fraction of sp³-hybridized carbons (Fsp3) is 0.190. The molecule has 0 fully saturated rings. The minimum Gasteiger partial charge on any atom is -0.495 e. The molecule has 0 aliphatic heterocycles. The van der Waals surface area contributed by atoms with Gasteiger partial charge in [0.25, 0.3) is 0 Å². The summed E-state index contributed by atoms with van der Waals surface area (Å²) in [4.78, 5) is 12.6. The van der Waals surface area contributed by atoms with Crippen molar-refractivity contribution in [1.29, 1.82) is 0 Å². The molecule has 0 unspecified atom stereocenters. The van der Waals surface area contributed by atoms with E-state index in [-0.39, 0.29) is 4.88 Å². The fourth-order valence-electron chi connectivity index (χ4n) is 3.04. The number of anilines is 1. The zero-order valence-corrected chi connectivity index (χ0v) is 17.3. The summed E-state index contributed by atoms with van der Waals surface area (Å²) in [6.45, 7) is 0. The van der Waals surface area contributed by atoms with Crippen LogP contribution in [-0.4, -0.2) is 39.5 Å². The van der Waals surface area contributed by atoms with E-state index in [4.69, 9.17) is 24.7 Å². The largest absolute Gasteiger partial charge is 0.495 e. The van der Waals surface area contributed by atoms with Crippen molar-refractivity contribution < 1.29 is 28.8 Å². The van der Waals surface area contributed by atoms with E-state index in [2.05, 4.69) is 0 Å². The zero-order valence-electron chi connectivity index (χ0n) is 16.4. The molecule has 0 atom stereocenters. The highest BCUT2D eigenvalue weighted by Crippen LogP contribution is 2.46. The van der Waals surface area contributed by atoms with Crippen LogP contribution in [0.3, 0.4) is 0 Å². The Hall–Kier alpha value is -3.39. The summed E-state index contributed by atoms with van der Waals surface area (Å²) >= 11 is 1.17. The molecule has 0 aliphatic carbocycles. The molecular weight excluding hydrogens is 394 g/mol. The second-order valence-corrected chi connectivity index (χ2v) is 7.08. The van der Waals surface area contributed by atoms with E-state index in [1.165, 1.54) is 32.7 Å². The van der Waals surface area contributed by atoms with Crippen LogP contribution in [0.2, 0.25) is 0 Å². The quantitative estimate of drug-likeness (QED) is 0.552. The topological polar surface area (TPSA) is 100 Å². The number of rotatable bonds is 7. The van der Waals surface area contributed by atoms with Crippen LogP contribution in [0.1, 0.15) is 9.67 Å². The van der Waals surface area contributed by atoms with E-state index < -0.39 is 5.97 Å². The Morgan fingerprint density at radius 2 is 1.48 bits per heavy atom. The Balaban J connectivity index is 2.25. The number of nitrogens with two attached hydrogens (primary N) is 1.